The molecule has 0 radical (unpaired) electrons. The van der Waals surface area contributed by atoms with Gasteiger partial charge in [-0.15, -0.1) is 0 Å². The van der Waals surface area contributed by atoms with Crippen molar-refractivity contribution in [1.82, 2.24) is 0 Å². The maximum absolute atomic E-state index is 14.2. The van der Waals surface area contributed by atoms with E-state index in [1.54, 1.807) is 18.2 Å². The van der Waals surface area contributed by atoms with E-state index in [0.29, 0.717) is 0 Å². The predicted octanol–water partition coefficient (Wildman–Crippen LogP) is 13.9. The maximum atomic E-state index is 14.2. The molecule has 31 heteroatoms. The molecule has 0 amide bonds. The first-order chi connectivity index (χ1) is 33.8. The van der Waals surface area contributed by atoms with E-state index < -0.39 is 236 Å². The number of alkyl halides is 24. The topological polar surface area (TPSA) is 3.88 Å². The van der Waals surface area contributed by atoms with Crippen LogP contribution in [-0.4, -0.2) is 6.15 Å². The highest BCUT2D eigenvalue weighted by Gasteiger charge is 2.47. The Balaban J connectivity index is 0.000000483. The van der Waals surface area contributed by atoms with Gasteiger partial charge in [0, 0.05) is 12.1 Å². The normalized spacial score (nSPS) is 13.5. The summed E-state index contributed by atoms with van der Waals surface area (Å²) in [6, 6.07) is -4.00. The van der Waals surface area contributed by atoms with Crippen molar-refractivity contribution in [3.63, 3.8) is 0 Å². The van der Waals surface area contributed by atoms with Crippen molar-refractivity contribution in [2.75, 3.05) is 0 Å². The Morgan fingerprint density at radius 2 is 0.453 bits per heavy atom. The van der Waals surface area contributed by atoms with Crippen molar-refractivity contribution < 1.29 is 132 Å². The molecule has 0 fully saturated rings. The third-order valence-corrected chi connectivity index (χ3v) is 10.9. The summed E-state index contributed by atoms with van der Waals surface area (Å²) < 4.78 is 408. The summed E-state index contributed by atoms with van der Waals surface area (Å²) in [4.78, 5) is 0. The first-order valence-electron chi connectivity index (χ1n) is 19.6. The molecule has 0 atom stereocenters. The number of hydrogen-bond donors (Lipinski definition) is 0. The van der Waals surface area contributed by atoms with Gasteiger partial charge in [0.25, 0.3) is 0 Å². The standard InChI is InChI=1S/C32H12BF24.C12H7F5N/c34-25(35,36)13-1-14(26(37,38)39)6-21(5-13)33(22-7-15(27(40,41)42)2-16(8-22)28(43,44)45,23-9-17(29(46,47)48)3-18(10-23)30(49,50)51)24-11-19(31(52,53)54)4-20(12-24)32(55,56)57;13-8-7(6-18-4-2-1-3-5-18)9(14)11(16)12(17)10(8)15/h1-12H;1-5H,6H2/q-1;+1. The van der Waals surface area contributed by atoms with Gasteiger partial charge < -0.3 is 0 Å². The fraction of sp³-hybridized carbons (Fsp3) is 0.205. The Labute approximate surface area is 398 Å². The average molecular weight is 1120 g/mol. The fourth-order valence-electron chi connectivity index (χ4n) is 7.58. The quantitative estimate of drug-likeness (QED) is 0.0514. The van der Waals surface area contributed by atoms with Crippen molar-refractivity contribution in [3.8, 4) is 0 Å². The Morgan fingerprint density at radius 3 is 0.640 bits per heavy atom. The first kappa shape index (κ1) is 59.2. The number of hydrogen-bond acceptors (Lipinski definition) is 0. The van der Waals surface area contributed by atoms with E-state index in [2.05, 4.69) is 0 Å². The smallest absolute Gasteiger partial charge is 0.203 e. The second-order valence-electron chi connectivity index (χ2n) is 15.8. The Kier molecular flexibility index (Phi) is 15.6. The Morgan fingerprint density at radius 1 is 0.267 bits per heavy atom. The van der Waals surface area contributed by atoms with Gasteiger partial charge >= 0.3 is 49.4 Å². The number of halogens is 29. The molecular formula is C44H19BF29N. The number of pyridine rings is 1. The molecule has 5 aromatic carbocycles. The van der Waals surface area contributed by atoms with Crippen LogP contribution in [0.15, 0.2) is 103 Å². The van der Waals surface area contributed by atoms with E-state index in [4.69, 9.17) is 0 Å². The molecule has 0 spiro atoms. The van der Waals surface area contributed by atoms with Gasteiger partial charge in [0.1, 0.15) is 6.15 Å². The minimum atomic E-state index is -6.13. The van der Waals surface area contributed by atoms with E-state index in [1.807, 2.05) is 0 Å². The summed E-state index contributed by atoms with van der Waals surface area (Å²) in [6.45, 7) is -0.438. The van der Waals surface area contributed by atoms with Crippen LogP contribution in [0.2, 0.25) is 0 Å². The Hall–Kier alpha value is -6.72. The van der Waals surface area contributed by atoms with E-state index in [1.165, 1.54) is 17.0 Å². The SMILES string of the molecule is FC(F)(F)c1cc([B-](c2cc(C(F)(F)F)cc(C(F)(F)F)c2)(c2cc(C(F)(F)F)cc(C(F)(F)F)c2)c2cc(C(F)(F)F)cc(C(F)(F)F)c2)cc(C(F)(F)F)c1.Fc1c(F)c(F)c(C[n+]2ccccc2)c(F)c1F. The maximum Gasteiger partial charge on any atom is 0.416 e. The van der Waals surface area contributed by atoms with Crippen LogP contribution in [0.25, 0.3) is 0 Å². The molecule has 0 unspecified atom stereocenters. The van der Waals surface area contributed by atoms with Crippen molar-refractivity contribution in [2.24, 2.45) is 0 Å². The summed E-state index contributed by atoms with van der Waals surface area (Å²) in [7, 11) is 0. The highest BCUT2D eigenvalue weighted by atomic mass is 19.4. The van der Waals surface area contributed by atoms with E-state index in [-0.39, 0.29) is 0 Å². The lowest BCUT2D eigenvalue weighted by Crippen LogP contribution is -2.75. The predicted molar refractivity (Wildman–Crippen MR) is 202 cm³/mol. The van der Waals surface area contributed by atoms with Crippen LogP contribution in [0, 0.1) is 29.1 Å². The van der Waals surface area contributed by atoms with Crippen molar-refractivity contribution in [1.29, 1.82) is 0 Å². The highest BCUT2D eigenvalue weighted by molar-refractivity contribution is 7.20. The first-order valence-corrected chi connectivity index (χ1v) is 19.6. The molecule has 1 heterocycles. The molecule has 1 nitrogen and oxygen atoms in total. The second kappa shape index (κ2) is 19.8. The van der Waals surface area contributed by atoms with Gasteiger partial charge in [-0.3, -0.25) is 0 Å². The summed E-state index contributed by atoms with van der Waals surface area (Å²) >= 11 is 0. The lowest BCUT2D eigenvalue weighted by atomic mass is 9.12. The minimum Gasteiger partial charge on any atom is -0.203 e. The minimum absolute atomic E-state index is 0.438. The van der Waals surface area contributed by atoms with Crippen molar-refractivity contribution in [2.45, 2.75) is 56.0 Å². The number of rotatable bonds is 6. The van der Waals surface area contributed by atoms with Crippen LogP contribution in [-0.2, 0) is 56.0 Å². The van der Waals surface area contributed by atoms with Crippen molar-refractivity contribution >= 4 is 28.0 Å². The molecular weight excluding hydrogens is 1100 g/mol. The van der Waals surface area contributed by atoms with Gasteiger partial charge in [0.15, 0.2) is 42.2 Å². The molecule has 0 bridgehead atoms. The molecule has 0 saturated heterocycles. The fourth-order valence-corrected chi connectivity index (χ4v) is 7.58. The summed E-state index contributed by atoms with van der Waals surface area (Å²) in [6.07, 6.45) is -51.9. The van der Waals surface area contributed by atoms with Gasteiger partial charge in [-0.25, -0.2) is 26.5 Å². The van der Waals surface area contributed by atoms with E-state index in [9.17, 15) is 127 Å². The summed E-state index contributed by atoms with van der Waals surface area (Å²) in [5, 5.41) is 0. The zero-order valence-corrected chi connectivity index (χ0v) is 35.5. The lowest BCUT2D eigenvalue weighted by Gasteiger charge is -2.46. The zero-order chi connectivity index (χ0) is 57.2. The molecule has 0 aliphatic rings. The van der Waals surface area contributed by atoms with Crippen LogP contribution >= 0.6 is 0 Å². The highest BCUT2D eigenvalue weighted by Crippen LogP contribution is 2.41. The largest absolute Gasteiger partial charge is 0.416 e. The van der Waals surface area contributed by atoms with Gasteiger partial charge in [-0.2, -0.15) is 127 Å². The van der Waals surface area contributed by atoms with Crippen LogP contribution < -0.4 is 26.4 Å². The van der Waals surface area contributed by atoms with Gasteiger partial charge in [0.2, 0.25) is 5.82 Å². The Bertz CT molecular complexity index is 2590. The van der Waals surface area contributed by atoms with Gasteiger partial charge in [-0.1, -0.05) is 54.6 Å². The number of benzene rings is 5. The summed E-state index contributed by atoms with van der Waals surface area (Å²) in [5.74, 6) is -9.61. The number of aromatic nitrogens is 1. The van der Waals surface area contributed by atoms with Gasteiger partial charge in [-0.05, 0) is 24.3 Å². The molecule has 0 aliphatic carbocycles. The second-order valence-corrected chi connectivity index (χ2v) is 15.8. The van der Waals surface area contributed by atoms with Crippen LogP contribution in [0.3, 0.4) is 0 Å². The monoisotopic (exact) mass is 1120 g/mol. The molecule has 0 aliphatic heterocycles. The summed E-state index contributed by atoms with van der Waals surface area (Å²) in [5.41, 5.74) is -31.1. The number of nitrogens with zero attached hydrogens (tertiary/aromatic N) is 1. The van der Waals surface area contributed by atoms with E-state index in [0.717, 1.165) is 0 Å². The lowest BCUT2D eigenvalue weighted by molar-refractivity contribution is -0.688. The molecule has 0 N–H and O–H groups in total. The molecule has 6 rings (SSSR count). The third kappa shape index (κ3) is 12.9. The average Bonchev–Trinajstić information content (AvgIpc) is 3.27. The van der Waals surface area contributed by atoms with Gasteiger partial charge in [0.05, 0.1) is 50.1 Å². The van der Waals surface area contributed by atoms with Crippen LogP contribution in [0.1, 0.15) is 50.1 Å². The van der Waals surface area contributed by atoms with Crippen molar-refractivity contribution in [3.05, 3.63) is 183 Å². The molecule has 0 saturated carbocycles. The van der Waals surface area contributed by atoms with E-state index >= 15 is 0 Å². The molecule has 1 aromatic heterocycles. The van der Waals surface area contributed by atoms with Crippen LogP contribution in [0.5, 0.6) is 0 Å². The molecule has 6 aromatic rings. The molecule has 406 valence electrons. The van der Waals surface area contributed by atoms with Crippen LogP contribution in [0.4, 0.5) is 127 Å². The third-order valence-electron chi connectivity index (χ3n) is 10.9. The molecule has 75 heavy (non-hydrogen) atoms. The zero-order valence-electron chi connectivity index (χ0n) is 35.5.